The first kappa shape index (κ1) is 17.7. The van der Waals surface area contributed by atoms with Crippen molar-refractivity contribution in [3.63, 3.8) is 0 Å². The number of imidazole rings is 1. The SMILES string of the molecule is Cc1ccn2c(NC(=O)COc3ccccc3)c(-c3cccc(F)c3)nc2c1. The van der Waals surface area contributed by atoms with Crippen LogP contribution >= 0.6 is 0 Å². The van der Waals surface area contributed by atoms with Gasteiger partial charge in [0, 0.05) is 11.8 Å². The van der Waals surface area contributed by atoms with Gasteiger partial charge in [0.1, 0.15) is 28.7 Å². The van der Waals surface area contributed by atoms with Crippen molar-refractivity contribution in [1.82, 2.24) is 9.38 Å². The van der Waals surface area contributed by atoms with Gasteiger partial charge in [-0.2, -0.15) is 0 Å². The Kier molecular flexibility index (Phi) is 4.76. The quantitative estimate of drug-likeness (QED) is 0.560. The van der Waals surface area contributed by atoms with Gasteiger partial charge in [0.2, 0.25) is 0 Å². The summed E-state index contributed by atoms with van der Waals surface area (Å²) in [6.45, 7) is 1.81. The van der Waals surface area contributed by atoms with Crippen LogP contribution in [0, 0.1) is 12.7 Å². The van der Waals surface area contributed by atoms with Gasteiger partial charge in [-0.3, -0.25) is 9.20 Å². The van der Waals surface area contributed by atoms with E-state index in [4.69, 9.17) is 4.74 Å². The van der Waals surface area contributed by atoms with Crippen molar-refractivity contribution in [3.8, 4) is 17.0 Å². The van der Waals surface area contributed by atoms with E-state index in [1.165, 1.54) is 12.1 Å². The molecule has 0 atom stereocenters. The number of anilines is 1. The molecule has 2 aromatic carbocycles. The van der Waals surface area contributed by atoms with Crippen molar-refractivity contribution < 1.29 is 13.9 Å². The lowest BCUT2D eigenvalue weighted by Crippen LogP contribution is -2.21. The average molecular weight is 375 g/mol. The molecule has 0 saturated carbocycles. The molecule has 5 nitrogen and oxygen atoms in total. The first-order chi connectivity index (χ1) is 13.6. The van der Waals surface area contributed by atoms with Crippen molar-refractivity contribution >= 4 is 17.4 Å². The maximum Gasteiger partial charge on any atom is 0.263 e. The molecule has 0 saturated heterocycles. The molecule has 1 N–H and O–H groups in total. The number of pyridine rings is 1. The molecule has 4 rings (SSSR count). The zero-order valence-electron chi connectivity index (χ0n) is 15.2. The predicted octanol–water partition coefficient (Wildman–Crippen LogP) is 4.47. The number of halogens is 1. The molecule has 2 heterocycles. The van der Waals surface area contributed by atoms with Crippen LogP contribution in [-0.4, -0.2) is 21.9 Å². The second kappa shape index (κ2) is 7.52. The van der Waals surface area contributed by atoms with Gasteiger partial charge in [-0.25, -0.2) is 9.37 Å². The van der Waals surface area contributed by atoms with E-state index in [-0.39, 0.29) is 18.3 Å². The lowest BCUT2D eigenvalue weighted by Gasteiger charge is -2.09. The third-order valence-electron chi connectivity index (χ3n) is 4.25. The van der Waals surface area contributed by atoms with Gasteiger partial charge in [0.05, 0.1) is 0 Å². The van der Waals surface area contributed by atoms with Crippen molar-refractivity contribution in [1.29, 1.82) is 0 Å². The summed E-state index contributed by atoms with van der Waals surface area (Å²) in [4.78, 5) is 17.1. The fourth-order valence-corrected chi connectivity index (χ4v) is 2.94. The summed E-state index contributed by atoms with van der Waals surface area (Å²) >= 11 is 0. The monoisotopic (exact) mass is 375 g/mol. The third kappa shape index (κ3) is 3.71. The highest BCUT2D eigenvalue weighted by Crippen LogP contribution is 2.29. The Bertz CT molecular complexity index is 1140. The summed E-state index contributed by atoms with van der Waals surface area (Å²) in [5.74, 6) is 0.387. The molecule has 2 aromatic heterocycles. The highest BCUT2D eigenvalue weighted by atomic mass is 19.1. The number of para-hydroxylation sites is 1. The maximum atomic E-state index is 13.7. The van der Waals surface area contributed by atoms with E-state index in [0.717, 1.165) is 5.56 Å². The first-order valence-corrected chi connectivity index (χ1v) is 8.82. The molecule has 0 aliphatic carbocycles. The van der Waals surface area contributed by atoms with Crippen molar-refractivity contribution in [2.24, 2.45) is 0 Å². The predicted molar refractivity (Wildman–Crippen MR) is 106 cm³/mol. The fourth-order valence-electron chi connectivity index (χ4n) is 2.94. The molecule has 28 heavy (non-hydrogen) atoms. The minimum Gasteiger partial charge on any atom is -0.484 e. The van der Waals surface area contributed by atoms with Crippen LogP contribution in [0.15, 0.2) is 72.9 Å². The summed E-state index contributed by atoms with van der Waals surface area (Å²) in [5, 5.41) is 2.86. The zero-order valence-corrected chi connectivity index (χ0v) is 15.2. The molecular formula is C22H18FN3O2. The molecule has 0 radical (unpaired) electrons. The number of rotatable bonds is 5. The summed E-state index contributed by atoms with van der Waals surface area (Å²) < 4.78 is 21.0. The van der Waals surface area contributed by atoms with Crippen LogP contribution in [0.5, 0.6) is 5.75 Å². The lowest BCUT2D eigenvalue weighted by atomic mass is 10.1. The molecule has 0 fully saturated rings. The fraction of sp³-hybridized carbons (Fsp3) is 0.0909. The van der Waals surface area contributed by atoms with Crippen LogP contribution in [0.25, 0.3) is 16.9 Å². The number of benzene rings is 2. The molecule has 4 aromatic rings. The van der Waals surface area contributed by atoms with Gasteiger partial charge in [-0.15, -0.1) is 0 Å². The number of carbonyl (C=O) groups excluding carboxylic acids is 1. The van der Waals surface area contributed by atoms with Gasteiger partial charge < -0.3 is 10.1 Å². The minimum absolute atomic E-state index is 0.147. The smallest absolute Gasteiger partial charge is 0.263 e. The van der Waals surface area contributed by atoms with Crippen LogP contribution in [-0.2, 0) is 4.79 Å². The normalized spacial score (nSPS) is 10.8. The van der Waals surface area contributed by atoms with Crippen LogP contribution in [0.1, 0.15) is 5.56 Å². The van der Waals surface area contributed by atoms with Gasteiger partial charge in [0.15, 0.2) is 6.61 Å². The minimum atomic E-state index is -0.365. The van der Waals surface area contributed by atoms with Crippen molar-refractivity contribution in [2.75, 3.05) is 11.9 Å². The number of carbonyl (C=O) groups is 1. The van der Waals surface area contributed by atoms with Gasteiger partial charge in [-0.05, 0) is 48.9 Å². The molecule has 0 unspecified atom stereocenters. The molecule has 0 bridgehead atoms. The number of aromatic nitrogens is 2. The topological polar surface area (TPSA) is 55.6 Å². The van der Waals surface area contributed by atoms with Crippen LogP contribution in [0.2, 0.25) is 0 Å². The van der Waals surface area contributed by atoms with Crippen LogP contribution in [0.4, 0.5) is 10.2 Å². The van der Waals surface area contributed by atoms with Crippen LogP contribution in [0.3, 0.4) is 0 Å². The Morgan fingerprint density at radius 3 is 2.71 bits per heavy atom. The van der Waals surface area contributed by atoms with E-state index >= 15 is 0 Å². The summed E-state index contributed by atoms with van der Waals surface area (Å²) in [6, 6.07) is 19.1. The Balaban J connectivity index is 1.66. The van der Waals surface area contributed by atoms with E-state index in [2.05, 4.69) is 10.3 Å². The maximum absolute atomic E-state index is 13.7. The van der Waals surface area contributed by atoms with E-state index < -0.39 is 0 Å². The Morgan fingerprint density at radius 1 is 1.11 bits per heavy atom. The molecule has 0 aliphatic heterocycles. The second-order valence-corrected chi connectivity index (χ2v) is 6.40. The van der Waals surface area contributed by atoms with E-state index in [1.54, 1.807) is 28.7 Å². The van der Waals surface area contributed by atoms with Crippen molar-refractivity contribution in [3.05, 3.63) is 84.3 Å². The molecule has 140 valence electrons. The number of nitrogens with one attached hydrogen (secondary N) is 1. The number of ether oxygens (including phenoxy) is 1. The van der Waals surface area contributed by atoms with Gasteiger partial charge in [-0.1, -0.05) is 30.3 Å². The van der Waals surface area contributed by atoms with Crippen molar-refractivity contribution in [2.45, 2.75) is 6.92 Å². The molecule has 6 heteroatoms. The van der Waals surface area contributed by atoms with E-state index in [0.29, 0.717) is 28.5 Å². The third-order valence-corrected chi connectivity index (χ3v) is 4.25. The largest absolute Gasteiger partial charge is 0.484 e. The number of amides is 1. The second-order valence-electron chi connectivity index (χ2n) is 6.40. The molecule has 0 spiro atoms. The van der Waals surface area contributed by atoms with E-state index in [9.17, 15) is 9.18 Å². The summed E-state index contributed by atoms with van der Waals surface area (Å²) in [7, 11) is 0. The standard InChI is InChI=1S/C22H18FN3O2/c1-15-10-11-26-19(12-15)24-21(16-6-5-7-17(23)13-16)22(26)25-20(27)14-28-18-8-3-2-4-9-18/h2-13H,14H2,1H3,(H,25,27). The Hall–Kier alpha value is -3.67. The summed E-state index contributed by atoms with van der Waals surface area (Å²) in [6.07, 6.45) is 1.83. The number of aryl methyl sites for hydroxylation is 1. The molecular weight excluding hydrogens is 357 g/mol. The lowest BCUT2D eigenvalue weighted by molar-refractivity contribution is -0.118. The molecule has 1 amide bonds. The number of nitrogens with zero attached hydrogens (tertiary/aromatic N) is 2. The Labute approximate surface area is 161 Å². The van der Waals surface area contributed by atoms with Gasteiger partial charge >= 0.3 is 0 Å². The zero-order chi connectivity index (χ0) is 19.5. The first-order valence-electron chi connectivity index (χ1n) is 8.82. The van der Waals surface area contributed by atoms with Gasteiger partial charge in [0.25, 0.3) is 5.91 Å². The van der Waals surface area contributed by atoms with Crippen LogP contribution < -0.4 is 10.1 Å². The number of hydrogen-bond donors (Lipinski definition) is 1. The molecule has 0 aliphatic rings. The highest BCUT2D eigenvalue weighted by molar-refractivity contribution is 5.95. The Morgan fingerprint density at radius 2 is 1.93 bits per heavy atom. The number of fused-ring (bicyclic) bond motifs is 1. The van der Waals surface area contributed by atoms with E-state index in [1.807, 2.05) is 43.5 Å². The highest BCUT2D eigenvalue weighted by Gasteiger charge is 2.17. The number of hydrogen-bond acceptors (Lipinski definition) is 3. The average Bonchev–Trinajstić information content (AvgIpc) is 3.04. The summed E-state index contributed by atoms with van der Waals surface area (Å²) in [5.41, 5.74) is 2.78.